The van der Waals surface area contributed by atoms with Gasteiger partial charge in [0.05, 0.1) is 19.8 Å². The van der Waals surface area contributed by atoms with E-state index in [9.17, 15) is 9.90 Å². The number of pyridine rings is 1. The zero-order valence-electron chi connectivity index (χ0n) is 14.0. The molecular formula is C19H20N2O4. The van der Waals surface area contributed by atoms with Crippen LogP contribution in [-0.4, -0.2) is 35.3 Å². The molecule has 1 aliphatic heterocycles. The Morgan fingerprint density at radius 3 is 2.84 bits per heavy atom. The fourth-order valence-electron chi connectivity index (χ4n) is 3.49. The lowest BCUT2D eigenvalue weighted by atomic mass is 10.2. The van der Waals surface area contributed by atoms with Crippen molar-refractivity contribution in [2.75, 3.05) is 12.0 Å². The molecule has 0 saturated heterocycles. The van der Waals surface area contributed by atoms with Crippen LogP contribution in [0.2, 0.25) is 0 Å². The van der Waals surface area contributed by atoms with Crippen molar-refractivity contribution < 1.29 is 19.4 Å². The Morgan fingerprint density at radius 1 is 1.24 bits per heavy atom. The number of carbonyl (C=O) groups is 1. The fourth-order valence-corrected chi connectivity index (χ4v) is 3.49. The molecule has 0 spiro atoms. The molecule has 2 aliphatic rings. The first-order valence-electron chi connectivity index (χ1n) is 8.43. The summed E-state index contributed by atoms with van der Waals surface area (Å²) >= 11 is 0. The van der Waals surface area contributed by atoms with E-state index >= 15 is 0 Å². The fraction of sp³-hybridized carbons (Fsp3) is 0.368. The highest BCUT2D eigenvalue weighted by molar-refractivity contribution is 6.10. The maximum Gasteiger partial charge on any atom is 0.259 e. The number of hydrogen-bond donors (Lipinski definition) is 1. The quantitative estimate of drug-likeness (QED) is 0.926. The van der Waals surface area contributed by atoms with Crippen molar-refractivity contribution >= 4 is 11.6 Å². The van der Waals surface area contributed by atoms with Crippen molar-refractivity contribution in [3.63, 3.8) is 0 Å². The lowest BCUT2D eigenvalue weighted by Gasteiger charge is -2.20. The average molecular weight is 340 g/mol. The number of methoxy groups -OCH3 is 1. The lowest BCUT2D eigenvalue weighted by Crippen LogP contribution is -2.23. The van der Waals surface area contributed by atoms with E-state index in [4.69, 9.17) is 9.47 Å². The number of fused-ring (bicyclic) bond motifs is 1. The summed E-state index contributed by atoms with van der Waals surface area (Å²) in [5.41, 5.74) is 2.37. The molecule has 1 aliphatic carbocycles. The molecule has 0 bridgehead atoms. The van der Waals surface area contributed by atoms with E-state index in [-0.39, 0.29) is 18.1 Å². The van der Waals surface area contributed by atoms with E-state index in [0.29, 0.717) is 30.0 Å². The summed E-state index contributed by atoms with van der Waals surface area (Å²) in [5.74, 6) is 1.18. The van der Waals surface area contributed by atoms with Gasteiger partial charge in [0.2, 0.25) is 0 Å². The van der Waals surface area contributed by atoms with E-state index < -0.39 is 0 Å². The Morgan fingerprint density at radius 2 is 2.12 bits per heavy atom. The first-order chi connectivity index (χ1) is 12.2. The van der Waals surface area contributed by atoms with Crippen LogP contribution in [0.5, 0.6) is 11.5 Å². The van der Waals surface area contributed by atoms with Gasteiger partial charge in [0.15, 0.2) is 11.5 Å². The molecule has 2 aromatic rings. The van der Waals surface area contributed by atoms with Gasteiger partial charge in [-0.25, -0.2) is 0 Å². The molecule has 6 heteroatoms. The van der Waals surface area contributed by atoms with Crippen LogP contribution >= 0.6 is 0 Å². The van der Waals surface area contributed by atoms with Crippen LogP contribution in [0.1, 0.15) is 35.2 Å². The maximum atomic E-state index is 12.6. The topological polar surface area (TPSA) is 71.9 Å². The van der Waals surface area contributed by atoms with E-state index in [1.165, 1.54) is 0 Å². The normalized spacial score (nSPS) is 22.2. The Hall–Kier alpha value is -2.60. The third-order valence-corrected chi connectivity index (χ3v) is 4.82. The number of anilines is 1. The smallest absolute Gasteiger partial charge is 0.259 e. The summed E-state index contributed by atoms with van der Waals surface area (Å²) in [6.45, 7) is 0.496. The Labute approximate surface area is 146 Å². The SMILES string of the molecule is COc1ccc(N2Cc3cnccc3C2=O)cc1OC1CCC(O)C1. The number of rotatable bonds is 4. The molecule has 1 aromatic heterocycles. The number of carbonyl (C=O) groups excluding carboxylic acids is 1. The molecule has 1 amide bonds. The van der Waals surface area contributed by atoms with Gasteiger partial charge in [-0.3, -0.25) is 9.78 Å². The molecule has 2 unspecified atom stereocenters. The van der Waals surface area contributed by atoms with Gasteiger partial charge in [-0.05, 0) is 31.0 Å². The minimum atomic E-state index is -0.304. The van der Waals surface area contributed by atoms with Crippen molar-refractivity contribution in [2.45, 2.75) is 38.0 Å². The zero-order valence-corrected chi connectivity index (χ0v) is 14.0. The molecule has 130 valence electrons. The molecule has 1 aromatic carbocycles. The first-order valence-corrected chi connectivity index (χ1v) is 8.43. The monoisotopic (exact) mass is 340 g/mol. The van der Waals surface area contributed by atoms with Gasteiger partial charge in [0, 0.05) is 41.7 Å². The second-order valence-corrected chi connectivity index (χ2v) is 6.47. The molecule has 1 fully saturated rings. The van der Waals surface area contributed by atoms with E-state index in [1.54, 1.807) is 30.5 Å². The van der Waals surface area contributed by atoms with Gasteiger partial charge in [-0.15, -0.1) is 0 Å². The second-order valence-electron chi connectivity index (χ2n) is 6.47. The number of amides is 1. The molecule has 25 heavy (non-hydrogen) atoms. The van der Waals surface area contributed by atoms with Crippen LogP contribution in [-0.2, 0) is 6.54 Å². The molecule has 2 atom stereocenters. The van der Waals surface area contributed by atoms with Crippen LogP contribution in [0.4, 0.5) is 5.69 Å². The second kappa shape index (κ2) is 6.37. The Kier molecular flexibility index (Phi) is 4.05. The predicted octanol–water partition coefficient (Wildman–Crippen LogP) is 2.54. The minimum Gasteiger partial charge on any atom is -0.493 e. The summed E-state index contributed by atoms with van der Waals surface area (Å²) in [5, 5.41) is 9.70. The third kappa shape index (κ3) is 2.93. The predicted molar refractivity (Wildman–Crippen MR) is 92.0 cm³/mol. The number of aliphatic hydroxyl groups excluding tert-OH is 1. The number of aromatic nitrogens is 1. The maximum absolute atomic E-state index is 12.6. The van der Waals surface area contributed by atoms with E-state index in [2.05, 4.69) is 4.98 Å². The Bertz CT molecular complexity index is 808. The van der Waals surface area contributed by atoms with Crippen LogP contribution in [0.15, 0.2) is 36.7 Å². The number of hydrogen-bond acceptors (Lipinski definition) is 5. The summed E-state index contributed by atoms with van der Waals surface area (Å²) < 4.78 is 11.4. The third-order valence-electron chi connectivity index (χ3n) is 4.82. The molecule has 4 rings (SSSR count). The van der Waals surface area contributed by atoms with Crippen molar-refractivity contribution in [3.05, 3.63) is 47.8 Å². The zero-order chi connectivity index (χ0) is 17.4. The standard InChI is InChI=1S/C19H20N2O4/c1-24-17-5-2-13(8-18(17)25-15-4-3-14(22)9-15)21-11-12-10-20-7-6-16(12)19(21)23/h2,5-8,10,14-15,22H,3-4,9,11H2,1H3. The molecule has 1 saturated carbocycles. The van der Waals surface area contributed by atoms with Gasteiger partial charge in [-0.2, -0.15) is 0 Å². The highest BCUT2D eigenvalue weighted by Crippen LogP contribution is 2.37. The molecule has 2 heterocycles. The number of ether oxygens (including phenoxy) is 2. The summed E-state index contributed by atoms with van der Waals surface area (Å²) in [6.07, 6.45) is 5.21. The largest absolute Gasteiger partial charge is 0.493 e. The van der Waals surface area contributed by atoms with Crippen molar-refractivity contribution in [2.24, 2.45) is 0 Å². The van der Waals surface area contributed by atoms with Gasteiger partial charge < -0.3 is 19.5 Å². The van der Waals surface area contributed by atoms with Crippen LogP contribution in [0.3, 0.4) is 0 Å². The summed E-state index contributed by atoms with van der Waals surface area (Å²) in [4.78, 5) is 18.4. The first kappa shape index (κ1) is 15.9. The number of aliphatic hydroxyl groups is 1. The molecular weight excluding hydrogens is 320 g/mol. The van der Waals surface area contributed by atoms with Gasteiger partial charge in [0.1, 0.15) is 6.10 Å². The molecule has 0 radical (unpaired) electrons. The lowest BCUT2D eigenvalue weighted by molar-refractivity contribution is 0.0996. The Balaban J connectivity index is 1.61. The average Bonchev–Trinajstić information content (AvgIpc) is 3.18. The van der Waals surface area contributed by atoms with Gasteiger partial charge in [-0.1, -0.05) is 0 Å². The minimum absolute atomic E-state index is 0.0326. The van der Waals surface area contributed by atoms with Gasteiger partial charge in [0.25, 0.3) is 5.91 Å². The molecule has 6 nitrogen and oxygen atoms in total. The van der Waals surface area contributed by atoms with Crippen molar-refractivity contribution in [1.29, 1.82) is 0 Å². The van der Waals surface area contributed by atoms with Crippen LogP contribution in [0, 0.1) is 0 Å². The van der Waals surface area contributed by atoms with E-state index in [0.717, 1.165) is 24.1 Å². The molecule has 1 N–H and O–H groups in total. The highest BCUT2D eigenvalue weighted by atomic mass is 16.5. The number of nitrogens with zero attached hydrogens (tertiary/aromatic N) is 2. The summed E-state index contributed by atoms with van der Waals surface area (Å²) in [6, 6.07) is 7.25. The van der Waals surface area contributed by atoms with Crippen molar-refractivity contribution in [1.82, 2.24) is 4.98 Å². The summed E-state index contributed by atoms with van der Waals surface area (Å²) in [7, 11) is 1.59. The van der Waals surface area contributed by atoms with E-state index in [1.807, 2.05) is 18.2 Å². The number of benzene rings is 1. The van der Waals surface area contributed by atoms with Crippen LogP contribution in [0.25, 0.3) is 0 Å². The van der Waals surface area contributed by atoms with Gasteiger partial charge >= 0.3 is 0 Å². The van der Waals surface area contributed by atoms with Crippen molar-refractivity contribution in [3.8, 4) is 11.5 Å². The van der Waals surface area contributed by atoms with Crippen LogP contribution < -0.4 is 14.4 Å². The highest BCUT2D eigenvalue weighted by Gasteiger charge is 2.30.